The summed E-state index contributed by atoms with van der Waals surface area (Å²) in [5.74, 6) is 3.49. The molecule has 1 aromatic carbocycles. The van der Waals surface area contributed by atoms with Crippen molar-refractivity contribution in [2.45, 2.75) is 76.0 Å². The number of thioether (sulfide) groups is 1. The van der Waals surface area contributed by atoms with Crippen molar-refractivity contribution in [1.29, 1.82) is 5.26 Å². The molecule has 1 nitrogen and oxygen atoms in total. The first-order valence-electron chi connectivity index (χ1n) is 10.00. The van der Waals surface area contributed by atoms with E-state index in [2.05, 4.69) is 6.92 Å². The van der Waals surface area contributed by atoms with E-state index in [1.54, 1.807) is 12.1 Å². The molecule has 0 saturated heterocycles. The summed E-state index contributed by atoms with van der Waals surface area (Å²) in [5, 5.41) is 10.6. The predicted octanol–water partition coefficient (Wildman–Crippen LogP) is 6.96. The Bertz CT molecular complexity index is 593. The van der Waals surface area contributed by atoms with Gasteiger partial charge in [0.25, 0.3) is 0 Å². The van der Waals surface area contributed by atoms with E-state index in [-0.39, 0.29) is 5.82 Å². The molecule has 2 fully saturated rings. The van der Waals surface area contributed by atoms with Crippen molar-refractivity contribution in [2.75, 3.05) is 0 Å². The highest BCUT2D eigenvalue weighted by Crippen LogP contribution is 2.42. The summed E-state index contributed by atoms with van der Waals surface area (Å²) in [6.45, 7) is 2.40. The summed E-state index contributed by atoms with van der Waals surface area (Å²) >= 11 is 0.901. The van der Waals surface area contributed by atoms with Gasteiger partial charge in [0.05, 0.1) is 4.90 Å². The van der Waals surface area contributed by atoms with E-state index in [1.165, 1.54) is 57.8 Å². The van der Waals surface area contributed by atoms with Crippen LogP contribution in [-0.2, 0) is 6.42 Å². The number of aryl methyl sites for hydroxylation is 1. The minimum atomic E-state index is -0.251. The van der Waals surface area contributed by atoms with Gasteiger partial charge in [-0.15, -0.1) is 0 Å². The quantitative estimate of drug-likeness (QED) is 0.419. The molecule has 0 atom stereocenters. The third kappa shape index (κ3) is 5.23. The Morgan fingerprint density at radius 2 is 1.68 bits per heavy atom. The second-order valence-corrected chi connectivity index (χ2v) is 9.12. The monoisotopic (exact) mass is 359 g/mol. The Balaban J connectivity index is 1.42. The molecule has 0 heterocycles. The zero-order valence-electron chi connectivity index (χ0n) is 15.3. The minimum absolute atomic E-state index is 0.251. The van der Waals surface area contributed by atoms with Crippen LogP contribution in [0.4, 0.5) is 4.39 Å². The van der Waals surface area contributed by atoms with Gasteiger partial charge in [0, 0.05) is 0 Å². The lowest BCUT2D eigenvalue weighted by Crippen LogP contribution is -2.25. The second-order valence-electron chi connectivity index (χ2n) is 8.30. The maximum Gasteiger partial charge on any atom is 0.138 e. The Labute approximate surface area is 156 Å². The molecule has 0 aromatic heterocycles. The van der Waals surface area contributed by atoms with Crippen LogP contribution in [0.3, 0.4) is 0 Å². The van der Waals surface area contributed by atoms with Crippen LogP contribution in [0, 0.1) is 40.2 Å². The first-order valence-corrected chi connectivity index (χ1v) is 10.8. The molecule has 2 saturated carbocycles. The highest BCUT2D eigenvalue weighted by atomic mass is 32.2. The van der Waals surface area contributed by atoms with Crippen LogP contribution in [0.15, 0.2) is 23.1 Å². The lowest BCUT2D eigenvalue weighted by atomic mass is 9.69. The first-order chi connectivity index (χ1) is 12.2. The van der Waals surface area contributed by atoms with E-state index in [0.29, 0.717) is 4.90 Å². The van der Waals surface area contributed by atoms with Crippen LogP contribution in [0.5, 0.6) is 0 Å². The number of rotatable bonds is 5. The van der Waals surface area contributed by atoms with Crippen LogP contribution in [0.25, 0.3) is 0 Å². The molecule has 3 rings (SSSR count). The van der Waals surface area contributed by atoms with Gasteiger partial charge in [-0.05, 0) is 91.7 Å². The Morgan fingerprint density at radius 1 is 1.04 bits per heavy atom. The topological polar surface area (TPSA) is 23.8 Å². The molecule has 2 aliphatic carbocycles. The summed E-state index contributed by atoms with van der Waals surface area (Å²) in [7, 11) is 0. The van der Waals surface area contributed by atoms with Crippen LogP contribution < -0.4 is 0 Å². The summed E-state index contributed by atoms with van der Waals surface area (Å²) in [6, 6.07) is 5.35. The third-order valence-corrected chi connectivity index (χ3v) is 7.25. The number of benzene rings is 1. The van der Waals surface area contributed by atoms with Gasteiger partial charge in [0.2, 0.25) is 0 Å². The minimum Gasteiger partial charge on any atom is -0.206 e. The van der Waals surface area contributed by atoms with E-state index in [1.807, 2.05) is 11.5 Å². The highest BCUT2D eigenvalue weighted by molar-refractivity contribution is 8.03. The lowest BCUT2D eigenvalue weighted by molar-refractivity contribution is 0.148. The summed E-state index contributed by atoms with van der Waals surface area (Å²) in [6.07, 6.45) is 13.5. The van der Waals surface area contributed by atoms with Crippen molar-refractivity contribution in [2.24, 2.45) is 23.7 Å². The SMILES string of the molecule is CC1CCC(C2CCC(CCc3ccc(SC#N)c(F)c3)CC2)CC1. The molecular weight excluding hydrogens is 329 g/mol. The molecule has 0 radical (unpaired) electrons. The molecule has 1 aromatic rings. The number of halogens is 1. The van der Waals surface area contributed by atoms with Gasteiger partial charge in [-0.1, -0.05) is 38.7 Å². The van der Waals surface area contributed by atoms with Crippen molar-refractivity contribution < 1.29 is 4.39 Å². The number of nitrogens with zero attached hydrogens (tertiary/aromatic N) is 1. The van der Waals surface area contributed by atoms with Crippen molar-refractivity contribution in [1.82, 2.24) is 0 Å². The fourth-order valence-corrected chi connectivity index (χ4v) is 5.30. The smallest absolute Gasteiger partial charge is 0.138 e. The average Bonchev–Trinajstić information content (AvgIpc) is 2.63. The normalized spacial score (nSPS) is 30.0. The Kier molecular flexibility index (Phi) is 6.82. The zero-order valence-corrected chi connectivity index (χ0v) is 16.2. The summed E-state index contributed by atoms with van der Waals surface area (Å²) < 4.78 is 13.9. The van der Waals surface area contributed by atoms with Gasteiger partial charge in [-0.25, -0.2) is 4.39 Å². The molecule has 0 aliphatic heterocycles. The van der Waals surface area contributed by atoms with Gasteiger partial charge in [0.15, 0.2) is 0 Å². The van der Waals surface area contributed by atoms with Gasteiger partial charge < -0.3 is 0 Å². The van der Waals surface area contributed by atoms with Gasteiger partial charge in [0.1, 0.15) is 11.2 Å². The van der Waals surface area contributed by atoms with E-state index in [4.69, 9.17) is 5.26 Å². The molecule has 0 amide bonds. The lowest BCUT2D eigenvalue weighted by Gasteiger charge is -2.37. The molecule has 2 aliphatic rings. The summed E-state index contributed by atoms with van der Waals surface area (Å²) in [4.78, 5) is 0.438. The molecule has 0 unspecified atom stereocenters. The van der Waals surface area contributed by atoms with Crippen LogP contribution in [0.1, 0.15) is 70.3 Å². The molecule has 0 N–H and O–H groups in total. The Hall–Kier alpha value is -1.01. The zero-order chi connectivity index (χ0) is 17.6. The number of thiocyanates is 1. The maximum atomic E-state index is 13.9. The van der Waals surface area contributed by atoms with Crippen molar-refractivity contribution in [3.05, 3.63) is 29.6 Å². The van der Waals surface area contributed by atoms with Gasteiger partial charge >= 0.3 is 0 Å². The second kappa shape index (κ2) is 9.08. The fraction of sp³-hybridized carbons (Fsp3) is 0.682. The van der Waals surface area contributed by atoms with E-state index in [0.717, 1.165) is 47.4 Å². The van der Waals surface area contributed by atoms with Crippen LogP contribution >= 0.6 is 11.8 Å². The third-order valence-electron chi connectivity index (χ3n) is 6.61. The van der Waals surface area contributed by atoms with E-state index in [9.17, 15) is 4.39 Å². The van der Waals surface area contributed by atoms with Crippen molar-refractivity contribution in [3.63, 3.8) is 0 Å². The predicted molar refractivity (Wildman–Crippen MR) is 103 cm³/mol. The molecule has 0 bridgehead atoms. The number of nitriles is 1. The summed E-state index contributed by atoms with van der Waals surface area (Å²) in [5.41, 5.74) is 1.07. The fourth-order valence-electron chi connectivity index (χ4n) is 4.91. The van der Waals surface area contributed by atoms with Crippen LogP contribution in [0.2, 0.25) is 0 Å². The molecule has 3 heteroatoms. The molecule has 0 spiro atoms. The van der Waals surface area contributed by atoms with Gasteiger partial charge in [-0.2, -0.15) is 5.26 Å². The molecule has 136 valence electrons. The van der Waals surface area contributed by atoms with E-state index >= 15 is 0 Å². The molecular formula is C22H30FNS. The largest absolute Gasteiger partial charge is 0.206 e. The standard InChI is InChI=1S/C22H30FNS/c1-16-2-9-19(10-3-16)20-11-6-17(7-12-20)4-5-18-8-13-22(25-15-24)21(23)14-18/h8,13-14,16-17,19-20H,2-7,9-12H2,1H3. The molecule has 25 heavy (non-hydrogen) atoms. The average molecular weight is 360 g/mol. The van der Waals surface area contributed by atoms with Crippen LogP contribution in [-0.4, -0.2) is 0 Å². The maximum absolute atomic E-state index is 13.9. The Morgan fingerprint density at radius 3 is 2.28 bits per heavy atom. The first kappa shape index (κ1) is 18.8. The van der Waals surface area contributed by atoms with Crippen molar-refractivity contribution >= 4 is 11.8 Å². The van der Waals surface area contributed by atoms with Gasteiger partial charge in [-0.3, -0.25) is 0 Å². The highest BCUT2D eigenvalue weighted by Gasteiger charge is 2.29. The van der Waals surface area contributed by atoms with E-state index < -0.39 is 0 Å². The number of hydrogen-bond acceptors (Lipinski definition) is 2. The van der Waals surface area contributed by atoms with Crippen molar-refractivity contribution in [3.8, 4) is 5.40 Å². The number of hydrogen-bond donors (Lipinski definition) is 0.